The number of hydrogen-bond donors (Lipinski definition) is 2. The van der Waals surface area contributed by atoms with Crippen molar-refractivity contribution in [2.45, 2.75) is 26.8 Å². The molecule has 0 amide bonds. The predicted molar refractivity (Wildman–Crippen MR) is 123 cm³/mol. The highest BCUT2D eigenvalue weighted by Crippen LogP contribution is 2.32. The van der Waals surface area contributed by atoms with E-state index in [-0.39, 0.29) is 24.2 Å². The molecule has 1 atom stereocenters. The summed E-state index contributed by atoms with van der Waals surface area (Å²) in [4.78, 5) is 28.6. The number of rotatable bonds is 5. The van der Waals surface area contributed by atoms with Crippen molar-refractivity contribution >= 4 is 22.6 Å². The number of para-hydroxylation sites is 1. The summed E-state index contributed by atoms with van der Waals surface area (Å²) in [6, 6.07) is 11.1. The summed E-state index contributed by atoms with van der Waals surface area (Å²) in [5.74, 6) is -1.33. The van der Waals surface area contributed by atoms with E-state index in [4.69, 9.17) is 4.42 Å². The monoisotopic (exact) mass is 434 g/mol. The number of carboxylic acids is 1. The molecule has 0 bridgehead atoms. The van der Waals surface area contributed by atoms with Crippen LogP contribution in [0.4, 0.5) is 10.1 Å². The van der Waals surface area contributed by atoms with E-state index in [0.717, 1.165) is 11.8 Å². The number of fused-ring (bicyclic) bond motifs is 1. The number of aromatic nitrogens is 1. The van der Waals surface area contributed by atoms with Crippen LogP contribution in [0.3, 0.4) is 0 Å². The molecule has 32 heavy (non-hydrogen) atoms. The van der Waals surface area contributed by atoms with Crippen LogP contribution in [-0.2, 0) is 0 Å². The quantitative estimate of drug-likeness (QED) is 0.417. The second kappa shape index (κ2) is 8.26. The standard InChI is InChI=1S/C25H21FN2O4.H2/c1-13-8-19(15(3)28-21-7-5-4-6-18(21)25(30)31)24-20(9-13)22(29)14(2)23(32-24)16-10-17(26)12-27-11-16;/h4-12,15,28H,1-3H3,(H,30,31);1H. The van der Waals surface area contributed by atoms with Crippen molar-refractivity contribution in [1.82, 2.24) is 4.98 Å². The van der Waals surface area contributed by atoms with Crippen molar-refractivity contribution in [2.75, 3.05) is 5.32 Å². The fourth-order valence-electron chi connectivity index (χ4n) is 3.81. The Morgan fingerprint density at radius 1 is 1.19 bits per heavy atom. The lowest BCUT2D eigenvalue weighted by molar-refractivity contribution is 0.0698. The van der Waals surface area contributed by atoms with E-state index in [0.29, 0.717) is 33.3 Å². The van der Waals surface area contributed by atoms with Gasteiger partial charge in [0.05, 0.1) is 23.2 Å². The van der Waals surface area contributed by atoms with Crippen LogP contribution in [0.5, 0.6) is 0 Å². The second-order valence-electron chi connectivity index (χ2n) is 7.72. The molecule has 0 radical (unpaired) electrons. The molecular weight excluding hydrogens is 411 g/mol. The van der Waals surface area contributed by atoms with Crippen LogP contribution in [0.2, 0.25) is 0 Å². The Bertz CT molecular complexity index is 1420. The van der Waals surface area contributed by atoms with Gasteiger partial charge in [0.2, 0.25) is 0 Å². The van der Waals surface area contributed by atoms with Gasteiger partial charge in [-0.2, -0.15) is 0 Å². The summed E-state index contributed by atoms with van der Waals surface area (Å²) >= 11 is 0. The summed E-state index contributed by atoms with van der Waals surface area (Å²) in [6.45, 7) is 5.37. The molecule has 0 saturated carbocycles. The fraction of sp³-hybridized carbons (Fsp3) is 0.160. The van der Waals surface area contributed by atoms with Crippen molar-refractivity contribution in [3.8, 4) is 11.3 Å². The number of carboxylic acid groups (broad SMARTS) is 1. The number of nitrogens with zero attached hydrogens (tertiary/aromatic N) is 1. The van der Waals surface area contributed by atoms with Gasteiger partial charge in [0, 0.05) is 30.0 Å². The molecule has 0 spiro atoms. The van der Waals surface area contributed by atoms with E-state index in [1.807, 2.05) is 19.9 Å². The number of carbonyl (C=O) groups is 1. The molecule has 2 heterocycles. The smallest absolute Gasteiger partial charge is 0.337 e. The predicted octanol–water partition coefficient (Wildman–Crippen LogP) is 5.73. The van der Waals surface area contributed by atoms with Crippen LogP contribution in [0.25, 0.3) is 22.3 Å². The Labute approximate surface area is 184 Å². The Balaban J connectivity index is 0.00000306. The number of pyridine rings is 1. The van der Waals surface area contributed by atoms with E-state index in [9.17, 15) is 19.1 Å². The molecule has 164 valence electrons. The van der Waals surface area contributed by atoms with Crippen molar-refractivity contribution in [2.24, 2.45) is 0 Å². The molecule has 4 aromatic rings. The van der Waals surface area contributed by atoms with E-state index in [2.05, 4.69) is 10.3 Å². The highest BCUT2D eigenvalue weighted by atomic mass is 19.1. The van der Waals surface area contributed by atoms with Gasteiger partial charge in [-0.25, -0.2) is 9.18 Å². The van der Waals surface area contributed by atoms with Gasteiger partial charge in [0.15, 0.2) is 5.43 Å². The fourth-order valence-corrected chi connectivity index (χ4v) is 3.81. The maximum atomic E-state index is 13.8. The first-order valence-corrected chi connectivity index (χ1v) is 10.0. The van der Waals surface area contributed by atoms with Crippen molar-refractivity contribution in [3.63, 3.8) is 0 Å². The van der Waals surface area contributed by atoms with Gasteiger partial charge in [0.25, 0.3) is 0 Å². The molecular formula is C25H23FN2O4. The number of aryl methyl sites for hydroxylation is 1. The molecule has 0 aliphatic rings. The van der Waals surface area contributed by atoms with Crippen LogP contribution in [-0.4, -0.2) is 16.1 Å². The zero-order chi connectivity index (χ0) is 23.0. The Morgan fingerprint density at radius 2 is 1.94 bits per heavy atom. The maximum Gasteiger partial charge on any atom is 0.337 e. The van der Waals surface area contributed by atoms with Crippen LogP contribution in [0, 0.1) is 19.7 Å². The Kier molecular flexibility index (Phi) is 5.48. The van der Waals surface area contributed by atoms with Crippen LogP contribution in [0.1, 0.15) is 41.4 Å². The first kappa shape index (κ1) is 21.2. The zero-order valence-electron chi connectivity index (χ0n) is 17.8. The second-order valence-corrected chi connectivity index (χ2v) is 7.72. The number of halogens is 1. The molecule has 0 aliphatic heterocycles. The van der Waals surface area contributed by atoms with E-state index in [1.54, 1.807) is 31.2 Å². The summed E-state index contributed by atoms with van der Waals surface area (Å²) in [6.07, 6.45) is 2.53. The maximum absolute atomic E-state index is 13.8. The van der Waals surface area contributed by atoms with Gasteiger partial charge in [-0.15, -0.1) is 0 Å². The minimum atomic E-state index is -1.04. The highest BCUT2D eigenvalue weighted by Gasteiger charge is 2.20. The largest absolute Gasteiger partial charge is 0.478 e. The molecule has 0 fully saturated rings. The van der Waals surface area contributed by atoms with Gasteiger partial charge < -0.3 is 14.8 Å². The van der Waals surface area contributed by atoms with Crippen LogP contribution in [0.15, 0.2) is 64.1 Å². The van der Waals surface area contributed by atoms with Crippen molar-refractivity contribution in [3.05, 3.63) is 93.2 Å². The molecule has 2 N–H and O–H groups in total. The Morgan fingerprint density at radius 3 is 2.66 bits per heavy atom. The van der Waals surface area contributed by atoms with E-state index in [1.165, 1.54) is 18.3 Å². The molecule has 7 heteroatoms. The number of anilines is 1. The summed E-state index contributed by atoms with van der Waals surface area (Å²) in [5, 5.41) is 13.1. The lowest BCUT2D eigenvalue weighted by atomic mass is 9.99. The number of hydrogen-bond acceptors (Lipinski definition) is 5. The van der Waals surface area contributed by atoms with E-state index >= 15 is 0 Å². The van der Waals surface area contributed by atoms with Gasteiger partial charge in [-0.1, -0.05) is 18.2 Å². The first-order valence-electron chi connectivity index (χ1n) is 10.0. The molecule has 1 unspecified atom stereocenters. The average Bonchev–Trinajstić information content (AvgIpc) is 2.76. The van der Waals surface area contributed by atoms with Gasteiger partial charge in [0.1, 0.15) is 17.2 Å². The third-order valence-electron chi connectivity index (χ3n) is 5.35. The molecule has 0 aliphatic carbocycles. The summed E-state index contributed by atoms with van der Waals surface area (Å²) in [5.41, 5.74) is 3.00. The minimum Gasteiger partial charge on any atom is -0.478 e. The zero-order valence-corrected chi connectivity index (χ0v) is 17.8. The molecule has 0 saturated heterocycles. The molecule has 4 rings (SSSR count). The SMILES string of the molecule is Cc1cc(C(C)Nc2ccccc2C(=O)O)c2oc(-c3cncc(F)c3)c(C)c(=O)c2c1.[HH]. The molecule has 6 nitrogen and oxygen atoms in total. The lowest BCUT2D eigenvalue weighted by Crippen LogP contribution is -2.14. The topological polar surface area (TPSA) is 92.4 Å². The van der Waals surface area contributed by atoms with Gasteiger partial charge in [-0.05, 0) is 50.6 Å². The highest BCUT2D eigenvalue weighted by molar-refractivity contribution is 5.94. The van der Waals surface area contributed by atoms with Crippen molar-refractivity contribution in [1.29, 1.82) is 0 Å². The number of benzene rings is 2. The van der Waals surface area contributed by atoms with E-state index < -0.39 is 11.8 Å². The lowest BCUT2D eigenvalue weighted by Gasteiger charge is -2.20. The first-order chi connectivity index (χ1) is 15.3. The van der Waals surface area contributed by atoms with Crippen LogP contribution < -0.4 is 10.7 Å². The average molecular weight is 434 g/mol. The van der Waals surface area contributed by atoms with Crippen molar-refractivity contribution < 1.29 is 20.1 Å². The third-order valence-corrected chi connectivity index (χ3v) is 5.35. The Hall–Kier alpha value is -4.00. The normalized spacial score (nSPS) is 12.0. The third kappa shape index (κ3) is 3.85. The van der Waals surface area contributed by atoms with Gasteiger partial charge >= 0.3 is 5.97 Å². The molecule has 2 aromatic heterocycles. The molecule has 2 aromatic carbocycles. The summed E-state index contributed by atoms with van der Waals surface area (Å²) in [7, 11) is 0. The minimum absolute atomic E-state index is 0. The van der Waals surface area contributed by atoms with Gasteiger partial charge in [-0.3, -0.25) is 9.78 Å². The number of nitrogens with one attached hydrogen (secondary N) is 1. The number of aromatic carboxylic acids is 1. The summed E-state index contributed by atoms with van der Waals surface area (Å²) < 4.78 is 19.9. The van der Waals surface area contributed by atoms with Crippen LogP contribution >= 0.6 is 0 Å².